The van der Waals surface area contributed by atoms with Crippen LogP contribution >= 0.6 is 0 Å². The van der Waals surface area contributed by atoms with E-state index in [0.29, 0.717) is 0 Å². The highest BCUT2D eigenvalue weighted by molar-refractivity contribution is 5.82. The van der Waals surface area contributed by atoms with E-state index in [0.717, 1.165) is 30.4 Å². The molecule has 0 saturated carbocycles. The third-order valence-corrected chi connectivity index (χ3v) is 7.64. The van der Waals surface area contributed by atoms with Crippen molar-refractivity contribution in [1.29, 1.82) is 0 Å². The van der Waals surface area contributed by atoms with Crippen LogP contribution in [-0.2, 0) is 81.0 Å². The van der Waals surface area contributed by atoms with Crippen molar-refractivity contribution >= 4 is 47.8 Å². The van der Waals surface area contributed by atoms with Crippen LogP contribution in [-0.4, -0.2) is 187 Å². The summed E-state index contributed by atoms with van der Waals surface area (Å²) in [5.74, 6) is -4.56. The van der Waals surface area contributed by atoms with Crippen molar-refractivity contribution in [2.24, 2.45) is 0 Å². The third-order valence-electron chi connectivity index (χ3n) is 7.64. The van der Waals surface area contributed by atoms with Crippen molar-refractivity contribution < 1.29 is 81.0 Å². The fourth-order valence-corrected chi connectivity index (χ4v) is 4.46. The summed E-state index contributed by atoms with van der Waals surface area (Å²) < 4.78 is 46.1. The van der Waals surface area contributed by atoms with Gasteiger partial charge in [-0.15, -0.1) is 0 Å². The van der Waals surface area contributed by atoms with Gasteiger partial charge < -0.3 is 42.6 Å². The predicted molar refractivity (Wildman–Crippen MR) is 213 cm³/mol. The first kappa shape index (κ1) is 54.3. The van der Waals surface area contributed by atoms with E-state index in [1.54, 1.807) is 14.7 Å². The molecule has 20 heteroatoms. The molecule has 0 aromatic carbocycles. The van der Waals surface area contributed by atoms with Crippen LogP contribution in [0.1, 0.15) is 19.3 Å². The van der Waals surface area contributed by atoms with E-state index < -0.39 is 47.8 Å². The molecular weight excluding hydrogens is 794 g/mol. The van der Waals surface area contributed by atoms with Crippen molar-refractivity contribution in [2.45, 2.75) is 19.3 Å². The lowest BCUT2D eigenvalue weighted by molar-refractivity contribution is -0.149. The summed E-state index contributed by atoms with van der Waals surface area (Å²) in [6.45, 7) is 18.9. The third kappa shape index (κ3) is 32.3. The number of hydrogen-bond acceptors (Lipinski definition) is 20. The molecule has 0 aliphatic heterocycles. The molecule has 0 bridgehead atoms. The van der Waals surface area contributed by atoms with Crippen molar-refractivity contribution in [2.75, 3.05) is 125 Å². The molecular formula is C40H59N3O17. The van der Waals surface area contributed by atoms with Gasteiger partial charge in [0.25, 0.3) is 0 Å². The first-order chi connectivity index (χ1) is 28.9. The van der Waals surface area contributed by atoms with Crippen molar-refractivity contribution in [3.8, 4) is 0 Å². The molecule has 20 nitrogen and oxygen atoms in total. The van der Waals surface area contributed by atoms with Gasteiger partial charge in [-0.2, -0.15) is 0 Å². The minimum atomic E-state index is -0.619. The maximum Gasteiger partial charge on any atom is 0.330 e. The number of ether oxygens (including phenoxy) is 9. The van der Waals surface area contributed by atoms with Gasteiger partial charge >= 0.3 is 47.8 Å². The highest BCUT2D eigenvalue weighted by atomic mass is 16.6. The fraction of sp³-hybridized carbons (Fsp3) is 0.550. The minimum absolute atomic E-state index is 0.00716. The zero-order valence-corrected chi connectivity index (χ0v) is 34.3. The Morgan fingerprint density at radius 3 is 0.750 bits per heavy atom. The van der Waals surface area contributed by atoms with Gasteiger partial charge in [0.15, 0.2) is 0 Å². The molecule has 336 valence electrons. The molecule has 0 atom stereocenters. The molecule has 0 aliphatic rings. The summed E-state index contributed by atoms with van der Waals surface area (Å²) in [5, 5.41) is 0. The Morgan fingerprint density at radius 2 is 0.517 bits per heavy atom. The minimum Gasteiger partial charge on any atom is -0.464 e. The summed E-state index contributed by atoms with van der Waals surface area (Å²) in [7, 11) is 0. The van der Waals surface area contributed by atoms with Crippen LogP contribution in [0.2, 0.25) is 0 Å². The molecule has 0 heterocycles. The monoisotopic (exact) mass is 853 g/mol. The highest BCUT2D eigenvalue weighted by Crippen LogP contribution is 2.01. The van der Waals surface area contributed by atoms with Gasteiger partial charge in [0.2, 0.25) is 0 Å². The molecule has 60 heavy (non-hydrogen) atoms. The Morgan fingerprint density at radius 1 is 0.300 bits per heavy atom. The summed E-state index contributed by atoms with van der Waals surface area (Å²) >= 11 is 0. The zero-order valence-electron chi connectivity index (χ0n) is 34.3. The van der Waals surface area contributed by atoms with Crippen LogP contribution < -0.4 is 0 Å². The van der Waals surface area contributed by atoms with Gasteiger partial charge in [-0.25, -0.2) is 24.0 Å². The molecule has 0 saturated heterocycles. The normalized spacial score (nSPS) is 10.5. The van der Waals surface area contributed by atoms with Crippen LogP contribution in [0.5, 0.6) is 0 Å². The van der Waals surface area contributed by atoms with Gasteiger partial charge in [0, 0.05) is 89.3 Å². The maximum atomic E-state index is 12.5. The van der Waals surface area contributed by atoms with Crippen LogP contribution in [0.3, 0.4) is 0 Å². The second kappa shape index (κ2) is 36.4. The number of esters is 8. The molecule has 0 unspecified atom stereocenters. The molecule has 0 spiro atoms. The van der Waals surface area contributed by atoms with E-state index in [2.05, 4.69) is 32.9 Å². The van der Waals surface area contributed by atoms with Crippen LogP contribution in [0.25, 0.3) is 0 Å². The lowest BCUT2D eigenvalue weighted by Gasteiger charge is -2.22. The second-order valence-electron chi connectivity index (χ2n) is 11.9. The number of carbonyl (C=O) groups is 8. The van der Waals surface area contributed by atoms with Gasteiger partial charge in [-0.05, 0) is 0 Å². The van der Waals surface area contributed by atoms with E-state index in [4.69, 9.17) is 42.6 Å². The molecule has 0 rings (SSSR count). The Balaban J connectivity index is 4.63. The lowest BCUT2D eigenvalue weighted by atomic mass is 10.3. The van der Waals surface area contributed by atoms with E-state index >= 15 is 0 Å². The summed E-state index contributed by atoms with van der Waals surface area (Å²) in [6, 6.07) is 0. The van der Waals surface area contributed by atoms with E-state index in [1.807, 2.05) is 0 Å². The lowest BCUT2D eigenvalue weighted by Crippen LogP contribution is -2.35. The predicted octanol–water partition coefficient (Wildman–Crippen LogP) is 0.355. The maximum absolute atomic E-state index is 12.5. The molecule has 0 aromatic rings. The molecule has 0 radical (unpaired) electrons. The highest BCUT2D eigenvalue weighted by Gasteiger charge is 2.15. The molecule has 0 fully saturated rings. The quantitative estimate of drug-likeness (QED) is 0.0353. The topological polar surface area (TPSA) is 229 Å². The van der Waals surface area contributed by atoms with E-state index in [-0.39, 0.29) is 144 Å². The number of hydrogen-bond donors (Lipinski definition) is 0. The Labute approximate surface area is 350 Å². The van der Waals surface area contributed by atoms with Crippen LogP contribution in [0.15, 0.2) is 63.3 Å². The summed E-state index contributed by atoms with van der Waals surface area (Å²) in [4.78, 5) is 99.3. The summed E-state index contributed by atoms with van der Waals surface area (Å²) in [6.07, 6.45) is 5.09. The Bertz CT molecular complexity index is 1350. The van der Waals surface area contributed by atoms with Gasteiger partial charge in [-0.3, -0.25) is 29.1 Å². The standard InChI is InChI=1S/C40H59N3O17/c1-6-33(44)53-23-17-41(18-24-54-34(45)7-2)14-11-38(49)58-28-22-43(21-27-57-37(48)10-5)16-13-40(51)60-32-30-52-29-31-59-39(50)12-15-42(19-25-55-35(46)8-3)20-26-56-36(47)9-4/h6-10H,1-5,11-32H2. The average molecular weight is 854 g/mol. The largest absolute Gasteiger partial charge is 0.464 e. The van der Waals surface area contributed by atoms with Gasteiger partial charge in [0.05, 0.1) is 32.5 Å². The first-order valence-electron chi connectivity index (χ1n) is 19.0. The average Bonchev–Trinajstić information content (AvgIpc) is 3.24. The smallest absolute Gasteiger partial charge is 0.330 e. The number of carbonyl (C=O) groups excluding carboxylic acids is 8. The van der Waals surface area contributed by atoms with Crippen molar-refractivity contribution in [3.63, 3.8) is 0 Å². The molecule has 0 N–H and O–H groups in total. The SMILES string of the molecule is C=CC(=O)OCCN(CCOC(=O)C=C)CCC(=O)OCCOCCOC(=O)CCN(CCOC(=O)C=C)CCOC(=O)CCN(CCOC(=O)C=C)CCOC(=O)C=C. The van der Waals surface area contributed by atoms with Crippen LogP contribution in [0.4, 0.5) is 0 Å². The Kier molecular flexibility index (Phi) is 32.9. The first-order valence-corrected chi connectivity index (χ1v) is 19.0. The van der Waals surface area contributed by atoms with E-state index in [1.165, 1.54) is 0 Å². The van der Waals surface area contributed by atoms with Gasteiger partial charge in [0.1, 0.15) is 52.9 Å². The molecule has 0 amide bonds. The molecule has 0 aliphatic carbocycles. The number of nitrogens with zero attached hydrogens (tertiary/aromatic N) is 3. The van der Waals surface area contributed by atoms with E-state index in [9.17, 15) is 38.4 Å². The summed E-state index contributed by atoms with van der Waals surface area (Å²) in [5.41, 5.74) is 0. The number of rotatable bonds is 38. The zero-order chi connectivity index (χ0) is 44.8. The van der Waals surface area contributed by atoms with Gasteiger partial charge in [-0.1, -0.05) is 32.9 Å². The van der Waals surface area contributed by atoms with Crippen molar-refractivity contribution in [3.05, 3.63) is 63.3 Å². The molecule has 0 aromatic heterocycles. The Hall–Kier alpha value is -5.70. The fourth-order valence-electron chi connectivity index (χ4n) is 4.46. The van der Waals surface area contributed by atoms with Crippen LogP contribution in [0, 0.1) is 0 Å². The second-order valence-corrected chi connectivity index (χ2v) is 11.9. The van der Waals surface area contributed by atoms with Crippen molar-refractivity contribution in [1.82, 2.24) is 14.7 Å².